The van der Waals surface area contributed by atoms with Gasteiger partial charge in [0, 0.05) is 39.0 Å². The van der Waals surface area contributed by atoms with Crippen molar-refractivity contribution in [1.29, 1.82) is 0 Å². The first-order valence-corrected chi connectivity index (χ1v) is 7.01. The standard InChI is InChI=1S/C13H25N3O2/c1-15-5-3-13(4-6-15)14-9-12(11-18-13)10-17-8-7-16(12)2/h14H,3-11H2,1-2H3. The van der Waals surface area contributed by atoms with E-state index in [1.54, 1.807) is 0 Å². The van der Waals surface area contributed by atoms with Crippen LogP contribution in [0.1, 0.15) is 12.8 Å². The average Bonchev–Trinajstić information content (AvgIpc) is 2.40. The fraction of sp³-hybridized carbons (Fsp3) is 1.00. The molecule has 3 aliphatic rings. The molecule has 3 fully saturated rings. The molecule has 3 saturated heterocycles. The summed E-state index contributed by atoms with van der Waals surface area (Å²) in [6.45, 7) is 6.63. The molecule has 0 aromatic heterocycles. The van der Waals surface area contributed by atoms with Crippen molar-refractivity contribution in [2.45, 2.75) is 24.1 Å². The first kappa shape index (κ1) is 12.8. The molecule has 2 spiro atoms. The molecule has 1 atom stereocenters. The molecule has 1 unspecified atom stereocenters. The van der Waals surface area contributed by atoms with Crippen molar-refractivity contribution in [3.63, 3.8) is 0 Å². The van der Waals surface area contributed by atoms with E-state index < -0.39 is 0 Å². The van der Waals surface area contributed by atoms with Gasteiger partial charge in [-0.15, -0.1) is 0 Å². The van der Waals surface area contributed by atoms with Gasteiger partial charge in [-0.25, -0.2) is 0 Å². The molecule has 104 valence electrons. The molecule has 0 aromatic rings. The molecule has 0 bridgehead atoms. The van der Waals surface area contributed by atoms with Crippen LogP contribution in [-0.4, -0.2) is 81.2 Å². The Morgan fingerprint density at radius 1 is 1.06 bits per heavy atom. The molecule has 3 aliphatic heterocycles. The number of hydrogen-bond donors (Lipinski definition) is 1. The maximum atomic E-state index is 6.26. The third-order valence-corrected chi connectivity index (χ3v) is 4.90. The molecule has 0 aromatic carbocycles. The largest absolute Gasteiger partial charge is 0.378 e. The number of piperidine rings is 1. The Kier molecular flexibility index (Phi) is 3.36. The van der Waals surface area contributed by atoms with Crippen molar-refractivity contribution in [2.24, 2.45) is 0 Å². The van der Waals surface area contributed by atoms with Gasteiger partial charge in [-0.1, -0.05) is 0 Å². The van der Waals surface area contributed by atoms with E-state index in [2.05, 4.69) is 29.2 Å². The van der Waals surface area contributed by atoms with Gasteiger partial charge in [-0.05, 0) is 14.1 Å². The van der Waals surface area contributed by atoms with Crippen LogP contribution in [0.15, 0.2) is 0 Å². The van der Waals surface area contributed by atoms with Crippen molar-refractivity contribution in [2.75, 3.05) is 60.1 Å². The molecule has 5 heteroatoms. The molecule has 5 nitrogen and oxygen atoms in total. The van der Waals surface area contributed by atoms with E-state index in [1.165, 1.54) is 0 Å². The topological polar surface area (TPSA) is 37.0 Å². The Labute approximate surface area is 109 Å². The van der Waals surface area contributed by atoms with Crippen LogP contribution in [0, 0.1) is 0 Å². The summed E-state index contributed by atoms with van der Waals surface area (Å²) in [6, 6.07) is 0. The van der Waals surface area contributed by atoms with Crippen LogP contribution in [0.25, 0.3) is 0 Å². The number of morpholine rings is 1. The zero-order valence-electron chi connectivity index (χ0n) is 11.6. The van der Waals surface area contributed by atoms with E-state index in [1.807, 2.05) is 0 Å². The number of likely N-dealkylation sites (tertiary alicyclic amines) is 1. The quantitative estimate of drug-likeness (QED) is 0.645. The number of ether oxygens (including phenoxy) is 2. The van der Waals surface area contributed by atoms with Gasteiger partial charge in [0.2, 0.25) is 0 Å². The molecule has 18 heavy (non-hydrogen) atoms. The van der Waals surface area contributed by atoms with Gasteiger partial charge in [0.15, 0.2) is 0 Å². The third kappa shape index (κ3) is 2.18. The van der Waals surface area contributed by atoms with Crippen LogP contribution in [-0.2, 0) is 9.47 Å². The summed E-state index contributed by atoms with van der Waals surface area (Å²) in [5.74, 6) is 0. The highest BCUT2D eigenvalue weighted by molar-refractivity contribution is 5.01. The second-order valence-electron chi connectivity index (χ2n) is 6.14. The average molecular weight is 255 g/mol. The lowest BCUT2D eigenvalue weighted by atomic mass is 9.91. The van der Waals surface area contributed by atoms with Crippen LogP contribution in [0.5, 0.6) is 0 Å². The van der Waals surface area contributed by atoms with Gasteiger partial charge in [-0.3, -0.25) is 10.2 Å². The smallest absolute Gasteiger partial charge is 0.121 e. The Bertz CT molecular complexity index is 293. The maximum absolute atomic E-state index is 6.26. The highest BCUT2D eigenvalue weighted by atomic mass is 16.5. The van der Waals surface area contributed by atoms with Gasteiger partial charge < -0.3 is 14.4 Å². The van der Waals surface area contributed by atoms with E-state index in [0.717, 1.165) is 58.8 Å². The first-order valence-electron chi connectivity index (χ1n) is 7.01. The number of likely N-dealkylation sites (N-methyl/N-ethyl adjacent to an activating group) is 1. The van der Waals surface area contributed by atoms with E-state index in [0.29, 0.717) is 0 Å². The summed E-state index contributed by atoms with van der Waals surface area (Å²) in [5, 5.41) is 3.68. The van der Waals surface area contributed by atoms with Gasteiger partial charge >= 0.3 is 0 Å². The van der Waals surface area contributed by atoms with Gasteiger partial charge in [-0.2, -0.15) is 0 Å². The van der Waals surface area contributed by atoms with Crippen LogP contribution in [0.3, 0.4) is 0 Å². The minimum atomic E-state index is -0.0734. The number of nitrogens with one attached hydrogen (secondary N) is 1. The fourth-order valence-corrected chi connectivity index (χ4v) is 3.15. The summed E-state index contributed by atoms with van der Waals surface area (Å²) >= 11 is 0. The molecule has 1 N–H and O–H groups in total. The molecule has 3 rings (SSSR count). The Morgan fingerprint density at radius 2 is 1.83 bits per heavy atom. The van der Waals surface area contributed by atoms with Crippen LogP contribution >= 0.6 is 0 Å². The van der Waals surface area contributed by atoms with E-state index in [-0.39, 0.29) is 11.3 Å². The van der Waals surface area contributed by atoms with Gasteiger partial charge in [0.1, 0.15) is 5.72 Å². The highest BCUT2D eigenvalue weighted by Gasteiger charge is 2.47. The van der Waals surface area contributed by atoms with E-state index in [9.17, 15) is 0 Å². The van der Waals surface area contributed by atoms with Crippen molar-refractivity contribution in [1.82, 2.24) is 15.1 Å². The van der Waals surface area contributed by atoms with Gasteiger partial charge in [0.25, 0.3) is 0 Å². The SMILES string of the molecule is CN1CCC2(CC1)NCC1(COCCN1C)CO2. The second kappa shape index (κ2) is 4.72. The maximum Gasteiger partial charge on any atom is 0.121 e. The van der Waals surface area contributed by atoms with Crippen molar-refractivity contribution in [3.05, 3.63) is 0 Å². The summed E-state index contributed by atoms with van der Waals surface area (Å²) in [6.07, 6.45) is 2.17. The van der Waals surface area contributed by atoms with Crippen LogP contribution in [0.4, 0.5) is 0 Å². The summed E-state index contributed by atoms with van der Waals surface area (Å²) in [7, 11) is 4.36. The number of hydrogen-bond acceptors (Lipinski definition) is 5. The number of rotatable bonds is 0. The molecule has 0 radical (unpaired) electrons. The zero-order chi connectivity index (χ0) is 12.6. The predicted molar refractivity (Wildman–Crippen MR) is 69.6 cm³/mol. The summed E-state index contributed by atoms with van der Waals surface area (Å²) in [4.78, 5) is 4.77. The molecule has 0 saturated carbocycles. The van der Waals surface area contributed by atoms with Crippen molar-refractivity contribution < 1.29 is 9.47 Å². The fourth-order valence-electron chi connectivity index (χ4n) is 3.15. The normalized spacial score (nSPS) is 38.3. The predicted octanol–water partition coefficient (Wildman–Crippen LogP) is -0.271. The Hall–Kier alpha value is -0.200. The molecular weight excluding hydrogens is 230 g/mol. The highest BCUT2D eigenvalue weighted by Crippen LogP contribution is 2.31. The van der Waals surface area contributed by atoms with E-state index in [4.69, 9.17) is 9.47 Å². The van der Waals surface area contributed by atoms with Crippen molar-refractivity contribution in [3.8, 4) is 0 Å². The van der Waals surface area contributed by atoms with Gasteiger partial charge in [0.05, 0.1) is 25.4 Å². The summed E-state index contributed by atoms with van der Waals surface area (Å²) < 4.78 is 11.9. The molecule has 0 amide bonds. The Morgan fingerprint density at radius 3 is 2.44 bits per heavy atom. The third-order valence-electron chi connectivity index (χ3n) is 4.90. The van der Waals surface area contributed by atoms with Crippen LogP contribution < -0.4 is 5.32 Å². The minimum Gasteiger partial charge on any atom is -0.378 e. The molecular formula is C13H25N3O2. The molecule has 3 heterocycles. The van der Waals surface area contributed by atoms with Crippen molar-refractivity contribution >= 4 is 0 Å². The second-order valence-corrected chi connectivity index (χ2v) is 6.14. The minimum absolute atomic E-state index is 0.0485. The lowest BCUT2D eigenvalue weighted by Gasteiger charge is -2.54. The number of nitrogens with zero attached hydrogens (tertiary/aromatic N) is 2. The lowest BCUT2D eigenvalue weighted by Crippen LogP contribution is -2.71. The Balaban J connectivity index is 1.63. The van der Waals surface area contributed by atoms with Crippen LogP contribution in [0.2, 0.25) is 0 Å². The lowest BCUT2D eigenvalue weighted by molar-refractivity contribution is -0.197. The first-order chi connectivity index (χ1) is 8.64. The van der Waals surface area contributed by atoms with E-state index >= 15 is 0 Å². The zero-order valence-corrected chi connectivity index (χ0v) is 11.6. The molecule has 0 aliphatic carbocycles. The monoisotopic (exact) mass is 255 g/mol. The summed E-state index contributed by atoms with van der Waals surface area (Å²) in [5.41, 5.74) is -0.0249.